The second kappa shape index (κ2) is 13.5. The summed E-state index contributed by atoms with van der Waals surface area (Å²) < 4.78 is 15.4. The molecular weight excluding hydrogens is 803 g/mol. The monoisotopic (exact) mass is 828 g/mol. The molecule has 66 heavy (non-hydrogen) atoms. The zero-order chi connectivity index (χ0) is 44.1. The van der Waals surface area contributed by atoms with Crippen molar-refractivity contribution < 1.29 is 8.83 Å². The van der Waals surface area contributed by atoms with Gasteiger partial charge in [-0.2, -0.15) is 0 Å². The summed E-state index contributed by atoms with van der Waals surface area (Å²) in [6.07, 6.45) is 0. The third kappa shape index (κ3) is 5.11. The molecule has 0 aliphatic rings. The van der Waals surface area contributed by atoms with Gasteiger partial charge < -0.3 is 13.4 Å². The molecule has 0 spiro atoms. The maximum atomic E-state index is 6.76. The van der Waals surface area contributed by atoms with E-state index in [2.05, 4.69) is 95.6 Å². The molecular formula is C55H25B5N4O2. The number of rotatable bonds is 4. The van der Waals surface area contributed by atoms with Crippen LogP contribution in [-0.4, -0.2) is 58.8 Å². The summed E-state index contributed by atoms with van der Waals surface area (Å²) in [5.41, 5.74) is 8.32. The fourth-order valence-electron chi connectivity index (χ4n) is 10.3. The lowest BCUT2D eigenvalue weighted by Crippen LogP contribution is -2.55. The zero-order valence-electron chi connectivity index (χ0n) is 34.9. The first-order valence-electron chi connectivity index (χ1n) is 21.5. The quantitative estimate of drug-likeness (QED) is 0.131. The molecule has 4 heterocycles. The van der Waals surface area contributed by atoms with Gasteiger partial charge >= 0.3 is 0 Å². The average Bonchev–Trinajstić information content (AvgIpc) is 4.03. The number of hydrogen-bond donors (Lipinski definition) is 0. The Morgan fingerprint density at radius 3 is 1.58 bits per heavy atom. The zero-order valence-corrected chi connectivity index (χ0v) is 34.9. The Hall–Kier alpha value is -8.03. The van der Waals surface area contributed by atoms with Crippen LogP contribution in [0.3, 0.4) is 0 Å². The molecule has 0 aliphatic carbocycles. The van der Waals surface area contributed by atoms with Crippen molar-refractivity contribution in [3.8, 4) is 39.9 Å². The van der Waals surface area contributed by atoms with E-state index < -0.39 is 0 Å². The molecule has 0 bridgehead atoms. The summed E-state index contributed by atoms with van der Waals surface area (Å²) in [5, 5.41) is 13.9. The van der Waals surface area contributed by atoms with E-state index in [0.29, 0.717) is 33.9 Å². The number of nitrogens with zero attached hydrogens (tertiary/aromatic N) is 4. The molecule has 14 aromatic rings. The van der Waals surface area contributed by atoms with E-state index in [4.69, 9.17) is 63.0 Å². The van der Waals surface area contributed by atoms with Crippen molar-refractivity contribution in [2.45, 2.75) is 0 Å². The molecule has 0 N–H and O–H groups in total. The summed E-state index contributed by atoms with van der Waals surface area (Å²) in [4.78, 5) is 14.9. The van der Waals surface area contributed by atoms with Gasteiger partial charge in [-0.05, 0) is 81.5 Å². The van der Waals surface area contributed by atoms with Crippen molar-refractivity contribution in [2.75, 3.05) is 0 Å². The molecule has 0 fully saturated rings. The van der Waals surface area contributed by atoms with Gasteiger partial charge in [0.05, 0.1) is 11.0 Å². The highest BCUT2D eigenvalue weighted by Crippen LogP contribution is 2.47. The second-order valence-electron chi connectivity index (χ2n) is 17.0. The number of aromatic nitrogens is 4. The third-order valence-corrected chi connectivity index (χ3v) is 13.5. The van der Waals surface area contributed by atoms with Crippen LogP contribution >= 0.6 is 0 Å². The second-order valence-corrected chi connectivity index (χ2v) is 17.0. The van der Waals surface area contributed by atoms with Gasteiger partial charge in [0, 0.05) is 66.1 Å². The molecule has 0 unspecified atom stereocenters. The van der Waals surface area contributed by atoms with Gasteiger partial charge in [0.1, 0.15) is 61.6 Å². The van der Waals surface area contributed by atoms with Crippen LogP contribution in [-0.2, 0) is 0 Å². The topological polar surface area (TPSA) is 69.9 Å². The molecule has 10 radical (unpaired) electrons. The lowest BCUT2D eigenvalue weighted by molar-refractivity contribution is 0.668. The molecule has 10 aromatic carbocycles. The Bertz CT molecular complexity index is 4400. The molecule has 0 saturated heterocycles. The Morgan fingerprint density at radius 2 is 0.864 bits per heavy atom. The third-order valence-electron chi connectivity index (χ3n) is 13.5. The highest BCUT2D eigenvalue weighted by molar-refractivity contribution is 6.68. The number of fused-ring (bicyclic) bond motifs is 11. The van der Waals surface area contributed by atoms with Crippen molar-refractivity contribution in [3.05, 3.63) is 152 Å². The molecule has 0 atom stereocenters. The molecule has 6 nitrogen and oxygen atoms in total. The van der Waals surface area contributed by atoms with Crippen LogP contribution in [0.5, 0.6) is 0 Å². The van der Waals surface area contributed by atoms with Gasteiger partial charge in [-0.25, -0.2) is 15.0 Å². The molecule has 11 heteroatoms. The highest BCUT2D eigenvalue weighted by Gasteiger charge is 2.23. The predicted molar refractivity (Wildman–Crippen MR) is 276 cm³/mol. The van der Waals surface area contributed by atoms with E-state index in [1.807, 2.05) is 60.7 Å². The van der Waals surface area contributed by atoms with E-state index >= 15 is 0 Å². The average molecular weight is 828 g/mol. The van der Waals surface area contributed by atoms with E-state index in [1.54, 1.807) is 0 Å². The maximum Gasteiger partial charge on any atom is 0.164 e. The minimum absolute atomic E-state index is 0.0972. The summed E-state index contributed by atoms with van der Waals surface area (Å²) in [5.74, 6) is 0.891. The maximum absolute atomic E-state index is 6.76. The first-order chi connectivity index (χ1) is 32.3. The smallest absolute Gasteiger partial charge is 0.164 e. The van der Waals surface area contributed by atoms with Crippen LogP contribution in [0.25, 0.3) is 138 Å². The van der Waals surface area contributed by atoms with Crippen LogP contribution in [0.2, 0.25) is 0 Å². The standard InChI is InChI=1S/C55H25B5N4O2/c56-48-47(49(57)51(59)52(60)50(48)58)55-62-53(27-16-19-33-32-11-5-6-15-40(32)65-41(33)23-27)61-54(63-55)28-17-20-34-35-21-18-29(25-43(35)66-42(34)24-28)64-38-14-7-13-37-31-10-3-4-12-36(31)44-30-9-2-1-8-26(30)22-39(64)46(44)45(37)38/h1-25H. The molecule has 0 amide bonds. The molecule has 4 aromatic heterocycles. The molecule has 0 saturated carbocycles. The minimum Gasteiger partial charge on any atom is -0.456 e. The van der Waals surface area contributed by atoms with Crippen molar-refractivity contribution in [2.24, 2.45) is 0 Å². The summed E-state index contributed by atoms with van der Waals surface area (Å²) in [6.45, 7) is 0. The van der Waals surface area contributed by atoms with Gasteiger partial charge in [0.15, 0.2) is 17.5 Å². The molecule has 0 aliphatic heterocycles. The van der Waals surface area contributed by atoms with Crippen molar-refractivity contribution in [1.29, 1.82) is 0 Å². The van der Waals surface area contributed by atoms with Crippen LogP contribution in [0, 0.1) is 0 Å². The van der Waals surface area contributed by atoms with Gasteiger partial charge in [-0.3, -0.25) is 0 Å². The van der Waals surface area contributed by atoms with Crippen molar-refractivity contribution in [3.63, 3.8) is 0 Å². The van der Waals surface area contributed by atoms with Crippen LogP contribution in [0.1, 0.15) is 0 Å². The van der Waals surface area contributed by atoms with E-state index in [1.165, 1.54) is 43.1 Å². The van der Waals surface area contributed by atoms with Gasteiger partial charge in [-0.1, -0.05) is 102 Å². The normalized spacial score (nSPS) is 12.2. The van der Waals surface area contributed by atoms with Crippen molar-refractivity contribution in [1.82, 2.24) is 19.5 Å². The largest absolute Gasteiger partial charge is 0.456 e. The number of para-hydroxylation sites is 1. The summed E-state index contributed by atoms with van der Waals surface area (Å²) in [6, 6.07) is 52.6. The van der Waals surface area contributed by atoms with Gasteiger partial charge in [-0.15, -0.1) is 16.4 Å². The number of hydrogen-bond acceptors (Lipinski definition) is 5. The van der Waals surface area contributed by atoms with E-state index in [9.17, 15) is 0 Å². The van der Waals surface area contributed by atoms with Gasteiger partial charge in [0.2, 0.25) is 0 Å². The van der Waals surface area contributed by atoms with Crippen molar-refractivity contribution >= 4 is 165 Å². The Kier molecular flexibility index (Phi) is 7.64. The first-order valence-corrected chi connectivity index (χ1v) is 21.5. The summed E-state index contributed by atoms with van der Waals surface area (Å²) >= 11 is 0. The van der Waals surface area contributed by atoms with Gasteiger partial charge in [0.25, 0.3) is 0 Å². The Morgan fingerprint density at radius 1 is 0.348 bits per heavy atom. The molecule has 14 rings (SSSR count). The Labute approximate surface area is 382 Å². The van der Waals surface area contributed by atoms with E-state index in [-0.39, 0.29) is 38.7 Å². The summed E-state index contributed by atoms with van der Waals surface area (Å²) in [7, 11) is 32.1. The first kappa shape index (κ1) is 37.4. The Balaban J connectivity index is 0.955. The fourth-order valence-corrected chi connectivity index (χ4v) is 10.3. The SMILES string of the molecule is [B]c1c([B])c([B])c(-c2nc(-c3ccc4c(c3)oc3ccccc34)nc(-c3ccc4c(c3)oc3cc(-n5c6cccc7c8ccccc8c8c9ccccc9cc5c8c76)ccc34)n2)c([B])c1[B]. The van der Waals surface area contributed by atoms with Crippen LogP contribution in [0.15, 0.2) is 160 Å². The lowest BCUT2D eigenvalue weighted by atomic mass is 9.60. The number of benzene rings is 10. The van der Waals surface area contributed by atoms with Crippen LogP contribution < -0.4 is 27.3 Å². The minimum atomic E-state index is 0.0972. The molecule has 292 valence electrons. The highest BCUT2D eigenvalue weighted by atomic mass is 16.3. The number of furan rings is 2. The van der Waals surface area contributed by atoms with E-state index in [0.717, 1.165) is 49.4 Å². The predicted octanol–water partition coefficient (Wildman–Crippen LogP) is 8.63. The van der Waals surface area contributed by atoms with Crippen LogP contribution in [0.4, 0.5) is 0 Å². The fraction of sp³-hybridized carbons (Fsp3) is 0. The lowest BCUT2D eigenvalue weighted by Gasteiger charge is -2.20.